The van der Waals surface area contributed by atoms with E-state index in [9.17, 15) is 0 Å². The molecular formula is C45H41N4Pt-. The number of aromatic nitrogens is 4. The summed E-state index contributed by atoms with van der Waals surface area (Å²) in [4.78, 5) is 4.95. The molecule has 5 aromatic carbocycles. The van der Waals surface area contributed by atoms with Gasteiger partial charge >= 0.3 is 0 Å². The monoisotopic (exact) mass is 832 g/mol. The molecule has 0 unspecified atom stereocenters. The van der Waals surface area contributed by atoms with Crippen molar-refractivity contribution in [2.75, 3.05) is 0 Å². The van der Waals surface area contributed by atoms with Crippen molar-refractivity contribution < 1.29 is 21.1 Å². The Bertz CT molecular complexity index is 2500. The maximum absolute atomic E-state index is 4.95. The number of pyridine rings is 1. The first-order chi connectivity index (χ1) is 23.7. The second-order valence-corrected chi connectivity index (χ2v) is 14.2. The molecule has 0 saturated heterocycles. The molecule has 0 N–H and O–H groups in total. The molecule has 0 aliphatic rings. The Kier molecular flexibility index (Phi) is 8.86. The standard InChI is InChI=1S/C45H41N4.Pt/c1-30(2)36-16-7-8-17-37(36)32-24-25-46-44(26-32)49-40-19-10-9-18-38(40)39-23-22-34(28-43(39)49)45(5,6)33-14-13-15-35(27-33)48-29-47(31(3)4)41-20-11-12-21-42(41)48;/h7-26,29-31H,1-6H3;/q-1;. The van der Waals surface area contributed by atoms with Crippen LogP contribution in [0.2, 0.25) is 0 Å². The summed E-state index contributed by atoms with van der Waals surface area (Å²) in [5, 5.41) is 2.36. The number of imidazole rings is 1. The maximum Gasteiger partial charge on any atom is 0.188 e. The van der Waals surface area contributed by atoms with Crippen molar-refractivity contribution in [1.82, 2.24) is 18.7 Å². The Balaban J connectivity index is 0.00000392. The third-order valence-electron chi connectivity index (χ3n) is 10.1. The van der Waals surface area contributed by atoms with E-state index in [1.165, 1.54) is 38.5 Å². The van der Waals surface area contributed by atoms with Gasteiger partial charge in [-0.25, -0.2) is 14.1 Å². The third kappa shape index (κ3) is 5.60. The summed E-state index contributed by atoms with van der Waals surface area (Å²) < 4.78 is 6.87. The minimum Gasteiger partial charge on any atom is -0.319 e. The van der Waals surface area contributed by atoms with Crippen LogP contribution in [-0.2, 0) is 26.5 Å². The van der Waals surface area contributed by atoms with Crippen LogP contribution >= 0.6 is 0 Å². The van der Waals surface area contributed by atoms with E-state index in [-0.39, 0.29) is 26.5 Å². The van der Waals surface area contributed by atoms with E-state index in [4.69, 9.17) is 4.98 Å². The summed E-state index contributed by atoms with van der Waals surface area (Å²) in [6.07, 6.45) is 4.14. The number of hydrogen-bond acceptors (Lipinski definition) is 1. The first kappa shape index (κ1) is 33.7. The first-order valence-electron chi connectivity index (χ1n) is 17.3. The molecular weight excluding hydrogens is 792 g/mol. The molecule has 5 heteroatoms. The molecule has 0 spiro atoms. The van der Waals surface area contributed by atoms with E-state index in [1.807, 2.05) is 6.20 Å². The molecule has 8 rings (SSSR count). The summed E-state index contributed by atoms with van der Waals surface area (Å²) in [6.45, 7) is 13.5. The molecule has 3 aromatic heterocycles. The van der Waals surface area contributed by atoms with Crippen molar-refractivity contribution in [2.45, 2.75) is 58.9 Å². The van der Waals surface area contributed by atoms with Crippen LogP contribution in [0.1, 0.15) is 70.2 Å². The average Bonchev–Trinajstić information content (AvgIpc) is 3.68. The van der Waals surface area contributed by atoms with E-state index < -0.39 is 0 Å². The predicted octanol–water partition coefficient (Wildman–Crippen LogP) is 11.5. The molecule has 0 atom stereocenters. The number of rotatable bonds is 7. The molecule has 0 radical (unpaired) electrons. The van der Waals surface area contributed by atoms with Crippen LogP contribution in [0.25, 0.3) is 55.5 Å². The molecule has 0 bridgehead atoms. The SMILES string of the molecule is CC(C)c1ccccc1-c1ccnc(-n2c3[c-]c(C(C)(C)c4[c-]c(-n5[cH+]n(C(C)C)c6ccccc65)ccc4)ccc3c3ccccc32)c1.[Pt]. The third-order valence-corrected chi connectivity index (χ3v) is 10.1. The summed E-state index contributed by atoms with van der Waals surface area (Å²) in [5.74, 6) is 1.31. The fraction of sp³-hybridized carbons (Fsp3) is 0.200. The quantitative estimate of drug-likeness (QED) is 0.147. The van der Waals surface area contributed by atoms with E-state index in [2.05, 4.69) is 189 Å². The molecule has 3 heterocycles. The first-order valence-corrected chi connectivity index (χ1v) is 17.3. The van der Waals surface area contributed by atoms with Crippen molar-refractivity contribution in [1.29, 1.82) is 0 Å². The Morgan fingerprint density at radius 2 is 1.38 bits per heavy atom. The number of nitrogens with zero attached hydrogens (tertiary/aromatic N) is 4. The van der Waals surface area contributed by atoms with Gasteiger partial charge in [0.1, 0.15) is 5.82 Å². The summed E-state index contributed by atoms with van der Waals surface area (Å²) in [5.41, 5.74) is 11.2. The van der Waals surface area contributed by atoms with Gasteiger partial charge in [-0.2, -0.15) is 35.9 Å². The van der Waals surface area contributed by atoms with Gasteiger partial charge in [-0.3, -0.25) is 0 Å². The van der Waals surface area contributed by atoms with Crippen molar-refractivity contribution in [3.05, 3.63) is 157 Å². The van der Waals surface area contributed by atoms with E-state index >= 15 is 0 Å². The van der Waals surface area contributed by atoms with Gasteiger partial charge in [-0.15, -0.1) is 23.1 Å². The topological polar surface area (TPSA) is 27.7 Å². The second kappa shape index (κ2) is 13.2. The minimum absolute atomic E-state index is 0. The molecule has 0 fully saturated rings. The van der Waals surface area contributed by atoms with Crippen LogP contribution in [-0.4, -0.2) is 18.7 Å². The van der Waals surface area contributed by atoms with Crippen LogP contribution in [0.5, 0.6) is 0 Å². The Labute approximate surface area is 309 Å². The molecule has 8 aromatic rings. The summed E-state index contributed by atoms with van der Waals surface area (Å²) in [6, 6.07) is 49.3. The van der Waals surface area contributed by atoms with Gasteiger partial charge in [-0.05, 0) is 77.6 Å². The van der Waals surface area contributed by atoms with Crippen molar-refractivity contribution in [3.63, 3.8) is 0 Å². The second-order valence-electron chi connectivity index (χ2n) is 14.2. The Morgan fingerprint density at radius 3 is 2.16 bits per heavy atom. The Hall–Kier alpha value is -4.79. The van der Waals surface area contributed by atoms with Crippen LogP contribution < -0.4 is 0 Å². The van der Waals surface area contributed by atoms with Crippen molar-refractivity contribution >= 4 is 32.8 Å². The van der Waals surface area contributed by atoms with Gasteiger partial charge < -0.3 is 4.57 Å². The normalized spacial score (nSPS) is 12.0. The number of fused-ring (bicyclic) bond motifs is 4. The largest absolute Gasteiger partial charge is 0.319 e. The molecule has 0 saturated carbocycles. The van der Waals surface area contributed by atoms with Gasteiger partial charge in [0.15, 0.2) is 17.4 Å². The molecule has 0 aliphatic heterocycles. The van der Waals surface area contributed by atoms with Crippen LogP contribution in [0.4, 0.5) is 0 Å². The van der Waals surface area contributed by atoms with Gasteiger partial charge in [-0.1, -0.05) is 75.7 Å². The van der Waals surface area contributed by atoms with Gasteiger partial charge in [0, 0.05) is 50.6 Å². The fourth-order valence-corrected chi connectivity index (χ4v) is 7.31. The average molecular weight is 833 g/mol. The molecule has 0 aliphatic carbocycles. The van der Waals surface area contributed by atoms with Crippen molar-refractivity contribution in [3.8, 4) is 22.6 Å². The number of para-hydroxylation sites is 3. The van der Waals surface area contributed by atoms with Gasteiger partial charge in [0.05, 0.1) is 6.04 Å². The van der Waals surface area contributed by atoms with Crippen LogP contribution in [0.15, 0.2) is 128 Å². The summed E-state index contributed by atoms with van der Waals surface area (Å²) >= 11 is 0. The Morgan fingerprint density at radius 1 is 0.680 bits per heavy atom. The van der Waals surface area contributed by atoms with Crippen LogP contribution in [0, 0.1) is 12.1 Å². The minimum atomic E-state index is -0.367. The summed E-state index contributed by atoms with van der Waals surface area (Å²) in [7, 11) is 0. The fourth-order valence-electron chi connectivity index (χ4n) is 7.31. The van der Waals surface area contributed by atoms with Gasteiger partial charge in [0.2, 0.25) is 0 Å². The molecule has 252 valence electrons. The number of benzene rings is 5. The smallest absolute Gasteiger partial charge is 0.188 e. The molecule has 4 nitrogen and oxygen atoms in total. The zero-order valence-electron chi connectivity index (χ0n) is 29.4. The number of hydrogen-bond donors (Lipinski definition) is 0. The maximum atomic E-state index is 4.95. The predicted molar refractivity (Wildman–Crippen MR) is 204 cm³/mol. The molecule has 0 amide bonds. The van der Waals surface area contributed by atoms with Crippen LogP contribution in [0.3, 0.4) is 0 Å². The van der Waals surface area contributed by atoms with Crippen molar-refractivity contribution in [2.24, 2.45) is 0 Å². The van der Waals surface area contributed by atoms with E-state index in [0.29, 0.717) is 12.0 Å². The van der Waals surface area contributed by atoms with E-state index in [1.54, 1.807) is 0 Å². The zero-order valence-corrected chi connectivity index (χ0v) is 31.7. The molecule has 50 heavy (non-hydrogen) atoms. The van der Waals surface area contributed by atoms with Gasteiger partial charge in [0.25, 0.3) is 0 Å². The zero-order chi connectivity index (χ0) is 33.9. The van der Waals surface area contributed by atoms with E-state index in [0.717, 1.165) is 33.7 Å².